The van der Waals surface area contributed by atoms with Crippen molar-refractivity contribution in [2.24, 2.45) is 0 Å². The highest BCUT2D eigenvalue weighted by Crippen LogP contribution is 2.22. The van der Waals surface area contributed by atoms with E-state index < -0.39 is 0 Å². The van der Waals surface area contributed by atoms with Crippen LogP contribution in [0, 0.1) is 6.92 Å². The average Bonchev–Trinajstić information content (AvgIpc) is 3.13. The lowest BCUT2D eigenvalue weighted by molar-refractivity contribution is 0.252. The second-order valence-electron chi connectivity index (χ2n) is 5.96. The summed E-state index contributed by atoms with van der Waals surface area (Å²) >= 11 is 3.41. The van der Waals surface area contributed by atoms with Crippen LogP contribution in [0.15, 0.2) is 57.6 Å². The first-order valence-corrected chi connectivity index (χ1v) is 9.24. The third-order valence-corrected chi connectivity index (χ3v) is 4.49. The third-order valence-electron chi connectivity index (χ3n) is 3.99. The zero-order valence-corrected chi connectivity index (χ0v) is 16.7. The minimum Gasteiger partial charge on any atom is -0.497 e. The number of anilines is 1. The second kappa shape index (κ2) is 8.73. The van der Waals surface area contributed by atoms with Gasteiger partial charge in [0, 0.05) is 28.7 Å². The van der Waals surface area contributed by atoms with E-state index in [2.05, 4.69) is 31.5 Å². The number of carbonyl (C=O) groups is 1. The molecule has 2 amide bonds. The fourth-order valence-corrected chi connectivity index (χ4v) is 3.00. The van der Waals surface area contributed by atoms with Crippen molar-refractivity contribution < 1.29 is 13.9 Å². The summed E-state index contributed by atoms with van der Waals surface area (Å²) in [5.41, 5.74) is 3.42. The molecule has 0 saturated heterocycles. The summed E-state index contributed by atoms with van der Waals surface area (Å²) in [6, 6.07) is 12.9. The Kier molecular flexibility index (Phi) is 6.13. The van der Waals surface area contributed by atoms with Crippen LogP contribution in [0.3, 0.4) is 0 Å². The topological polar surface area (TPSA) is 76.4 Å². The van der Waals surface area contributed by atoms with Crippen molar-refractivity contribution >= 4 is 27.6 Å². The van der Waals surface area contributed by atoms with Crippen molar-refractivity contribution in [1.29, 1.82) is 0 Å². The maximum absolute atomic E-state index is 12.0. The number of ether oxygens (including phenoxy) is 1. The Balaban J connectivity index is 1.50. The van der Waals surface area contributed by atoms with Crippen LogP contribution in [0.25, 0.3) is 11.5 Å². The predicted octanol–water partition coefficient (Wildman–Crippen LogP) is 4.79. The van der Waals surface area contributed by atoms with Gasteiger partial charge in [-0.05, 0) is 55.0 Å². The second-order valence-corrected chi connectivity index (χ2v) is 6.88. The van der Waals surface area contributed by atoms with Gasteiger partial charge < -0.3 is 19.8 Å². The van der Waals surface area contributed by atoms with Gasteiger partial charge in [0.05, 0.1) is 12.8 Å². The molecule has 0 aliphatic carbocycles. The molecule has 0 fully saturated rings. The van der Waals surface area contributed by atoms with E-state index in [1.54, 1.807) is 13.4 Å². The Morgan fingerprint density at radius 1 is 1.22 bits per heavy atom. The first kappa shape index (κ1) is 19.0. The van der Waals surface area contributed by atoms with E-state index in [0.717, 1.165) is 32.7 Å². The molecule has 7 heteroatoms. The number of carbonyl (C=O) groups excluding carboxylic acids is 1. The number of oxazole rings is 1. The van der Waals surface area contributed by atoms with Crippen molar-refractivity contribution in [3.8, 4) is 17.2 Å². The van der Waals surface area contributed by atoms with E-state index in [1.165, 1.54) is 0 Å². The Bertz CT molecular complexity index is 922. The number of amides is 2. The number of hydrogen-bond acceptors (Lipinski definition) is 4. The molecule has 1 heterocycles. The standard InChI is InChI=1S/C20H20BrN3O3/c1-13-11-15(21)5-8-18(13)24-20(25)22-10-9-16-12-27-19(23-16)14-3-6-17(26-2)7-4-14/h3-8,11-12H,9-10H2,1-2H3,(H2,22,24,25). The summed E-state index contributed by atoms with van der Waals surface area (Å²) < 4.78 is 11.6. The lowest BCUT2D eigenvalue weighted by atomic mass is 10.2. The molecule has 0 aliphatic heterocycles. The minimum atomic E-state index is -0.251. The number of urea groups is 1. The van der Waals surface area contributed by atoms with E-state index in [9.17, 15) is 4.79 Å². The van der Waals surface area contributed by atoms with Crippen LogP contribution in [-0.4, -0.2) is 24.7 Å². The summed E-state index contributed by atoms with van der Waals surface area (Å²) in [6.07, 6.45) is 2.18. The third kappa shape index (κ3) is 5.10. The van der Waals surface area contributed by atoms with Crippen LogP contribution in [0.4, 0.5) is 10.5 Å². The summed E-state index contributed by atoms with van der Waals surface area (Å²) in [6.45, 7) is 2.40. The Hall–Kier alpha value is -2.80. The van der Waals surface area contributed by atoms with E-state index in [4.69, 9.17) is 9.15 Å². The molecule has 0 saturated carbocycles. The number of methoxy groups -OCH3 is 1. The van der Waals surface area contributed by atoms with Gasteiger partial charge in [0.1, 0.15) is 12.0 Å². The van der Waals surface area contributed by atoms with Crippen LogP contribution in [0.2, 0.25) is 0 Å². The van der Waals surface area contributed by atoms with Gasteiger partial charge in [-0.2, -0.15) is 0 Å². The molecule has 27 heavy (non-hydrogen) atoms. The van der Waals surface area contributed by atoms with E-state index in [-0.39, 0.29) is 6.03 Å². The number of hydrogen-bond donors (Lipinski definition) is 2. The molecule has 0 aliphatic rings. The predicted molar refractivity (Wildman–Crippen MR) is 108 cm³/mol. The lowest BCUT2D eigenvalue weighted by Gasteiger charge is -2.09. The smallest absolute Gasteiger partial charge is 0.319 e. The Morgan fingerprint density at radius 2 is 2.00 bits per heavy atom. The molecule has 0 bridgehead atoms. The van der Waals surface area contributed by atoms with Gasteiger partial charge in [-0.3, -0.25) is 0 Å². The zero-order chi connectivity index (χ0) is 19.2. The van der Waals surface area contributed by atoms with Gasteiger partial charge in [-0.25, -0.2) is 9.78 Å². The summed E-state index contributed by atoms with van der Waals surface area (Å²) in [7, 11) is 1.62. The van der Waals surface area contributed by atoms with Crippen molar-refractivity contribution in [3.05, 3.63) is 64.5 Å². The van der Waals surface area contributed by atoms with Gasteiger partial charge in [-0.1, -0.05) is 15.9 Å². The molecule has 0 spiro atoms. The number of halogens is 1. The van der Waals surface area contributed by atoms with E-state index in [1.807, 2.05) is 49.4 Å². The number of rotatable bonds is 6. The van der Waals surface area contributed by atoms with Crippen molar-refractivity contribution in [1.82, 2.24) is 10.3 Å². The highest BCUT2D eigenvalue weighted by molar-refractivity contribution is 9.10. The molecule has 140 valence electrons. The highest BCUT2D eigenvalue weighted by atomic mass is 79.9. The van der Waals surface area contributed by atoms with Gasteiger partial charge in [-0.15, -0.1) is 0 Å². The van der Waals surface area contributed by atoms with Crippen molar-refractivity contribution in [2.75, 3.05) is 19.0 Å². The molecule has 0 atom stereocenters. The average molecular weight is 430 g/mol. The van der Waals surface area contributed by atoms with Crippen LogP contribution >= 0.6 is 15.9 Å². The van der Waals surface area contributed by atoms with Crippen LogP contribution in [0.1, 0.15) is 11.3 Å². The number of aromatic nitrogens is 1. The SMILES string of the molecule is COc1ccc(-c2nc(CCNC(=O)Nc3ccc(Br)cc3C)co2)cc1. The normalized spacial score (nSPS) is 10.5. The maximum Gasteiger partial charge on any atom is 0.319 e. The van der Waals surface area contributed by atoms with E-state index in [0.29, 0.717) is 18.9 Å². The van der Waals surface area contributed by atoms with Crippen LogP contribution < -0.4 is 15.4 Å². The summed E-state index contributed by atoms with van der Waals surface area (Å²) in [4.78, 5) is 16.5. The highest BCUT2D eigenvalue weighted by Gasteiger charge is 2.08. The number of nitrogens with zero attached hydrogens (tertiary/aromatic N) is 1. The fraction of sp³-hybridized carbons (Fsp3) is 0.200. The van der Waals surface area contributed by atoms with Crippen LogP contribution in [0.5, 0.6) is 5.75 Å². The van der Waals surface area contributed by atoms with Gasteiger partial charge in [0.2, 0.25) is 5.89 Å². The van der Waals surface area contributed by atoms with Crippen LogP contribution in [-0.2, 0) is 6.42 Å². The first-order chi connectivity index (χ1) is 13.0. The number of aryl methyl sites for hydroxylation is 1. The molecule has 2 aromatic carbocycles. The molecule has 1 aromatic heterocycles. The fourth-order valence-electron chi connectivity index (χ4n) is 2.53. The molecule has 0 unspecified atom stereocenters. The molecule has 0 radical (unpaired) electrons. The molecular formula is C20H20BrN3O3. The minimum absolute atomic E-state index is 0.251. The van der Waals surface area contributed by atoms with Gasteiger partial charge in [0.25, 0.3) is 0 Å². The van der Waals surface area contributed by atoms with Gasteiger partial charge in [0.15, 0.2) is 0 Å². The quantitative estimate of drug-likeness (QED) is 0.590. The number of nitrogens with one attached hydrogen (secondary N) is 2. The van der Waals surface area contributed by atoms with Gasteiger partial charge >= 0.3 is 6.03 Å². The summed E-state index contributed by atoms with van der Waals surface area (Å²) in [5, 5.41) is 5.66. The number of benzene rings is 2. The van der Waals surface area contributed by atoms with Crippen molar-refractivity contribution in [2.45, 2.75) is 13.3 Å². The first-order valence-electron chi connectivity index (χ1n) is 8.45. The summed E-state index contributed by atoms with van der Waals surface area (Å²) in [5.74, 6) is 1.32. The molecule has 3 rings (SSSR count). The molecule has 3 aromatic rings. The van der Waals surface area contributed by atoms with E-state index >= 15 is 0 Å². The molecule has 2 N–H and O–H groups in total. The zero-order valence-electron chi connectivity index (χ0n) is 15.1. The Labute approximate surface area is 166 Å². The molecule has 6 nitrogen and oxygen atoms in total. The maximum atomic E-state index is 12.0. The molecular weight excluding hydrogens is 410 g/mol. The monoisotopic (exact) mass is 429 g/mol. The Morgan fingerprint density at radius 3 is 2.70 bits per heavy atom. The van der Waals surface area contributed by atoms with Crippen molar-refractivity contribution in [3.63, 3.8) is 0 Å². The largest absolute Gasteiger partial charge is 0.497 e. The lowest BCUT2D eigenvalue weighted by Crippen LogP contribution is -2.30.